The van der Waals surface area contributed by atoms with Crippen LogP contribution in [0.25, 0.3) is 10.2 Å². The number of carbonyl (C=O) groups is 1. The summed E-state index contributed by atoms with van der Waals surface area (Å²) in [5.74, 6) is 0.715. The molecule has 146 valence electrons. The molecule has 3 aromatic carbocycles. The van der Waals surface area contributed by atoms with Crippen molar-refractivity contribution in [1.29, 1.82) is 0 Å². The second kappa shape index (κ2) is 8.76. The average molecular weight is 467 g/mol. The normalized spacial score (nSPS) is 10.8. The van der Waals surface area contributed by atoms with Crippen LogP contribution < -0.4 is 9.64 Å². The summed E-state index contributed by atoms with van der Waals surface area (Å²) in [6.45, 7) is 3.01. The number of thiazole rings is 1. The Kier molecular flexibility index (Phi) is 5.92. The van der Waals surface area contributed by atoms with Crippen molar-refractivity contribution in [1.82, 2.24) is 4.98 Å². The fraction of sp³-hybridized carbons (Fsp3) is 0.130. The van der Waals surface area contributed by atoms with E-state index in [4.69, 9.17) is 9.72 Å². The molecule has 0 saturated heterocycles. The first-order valence-corrected chi connectivity index (χ1v) is 10.9. The van der Waals surface area contributed by atoms with Gasteiger partial charge in [-0.15, -0.1) is 0 Å². The van der Waals surface area contributed by atoms with E-state index >= 15 is 0 Å². The van der Waals surface area contributed by atoms with Gasteiger partial charge in [0.05, 0.1) is 28.9 Å². The highest BCUT2D eigenvalue weighted by atomic mass is 79.9. The van der Waals surface area contributed by atoms with Crippen molar-refractivity contribution < 1.29 is 9.53 Å². The van der Waals surface area contributed by atoms with E-state index in [2.05, 4.69) is 15.9 Å². The van der Waals surface area contributed by atoms with Gasteiger partial charge in [-0.2, -0.15) is 0 Å². The van der Waals surface area contributed by atoms with Gasteiger partial charge in [-0.3, -0.25) is 9.69 Å². The monoisotopic (exact) mass is 466 g/mol. The summed E-state index contributed by atoms with van der Waals surface area (Å²) in [5.41, 5.74) is 2.51. The number of anilines is 1. The molecule has 1 aromatic heterocycles. The van der Waals surface area contributed by atoms with Gasteiger partial charge in [0.25, 0.3) is 5.91 Å². The minimum atomic E-state index is -0.0922. The zero-order valence-electron chi connectivity index (χ0n) is 15.8. The Labute approximate surface area is 181 Å². The quantitative estimate of drug-likeness (QED) is 0.334. The minimum Gasteiger partial charge on any atom is -0.494 e. The fourth-order valence-corrected chi connectivity index (χ4v) is 4.48. The van der Waals surface area contributed by atoms with Crippen LogP contribution in [0.15, 0.2) is 77.3 Å². The van der Waals surface area contributed by atoms with E-state index in [1.54, 1.807) is 4.90 Å². The van der Waals surface area contributed by atoms with E-state index in [0.717, 1.165) is 26.0 Å². The Morgan fingerprint density at radius 3 is 2.59 bits per heavy atom. The Morgan fingerprint density at radius 1 is 1.07 bits per heavy atom. The summed E-state index contributed by atoms with van der Waals surface area (Å²) in [6.07, 6.45) is 0. The number of halogens is 1. The van der Waals surface area contributed by atoms with Crippen LogP contribution in [0.4, 0.5) is 5.13 Å². The standard InChI is InChI=1S/C23H19BrN2O2S/c1-2-28-17-12-13-20-21(14-17)29-23(25-20)26(15-16-8-4-3-5-9-16)22(27)18-10-6-7-11-19(18)24/h3-14H,2,15H2,1H3. The average Bonchev–Trinajstić information content (AvgIpc) is 3.16. The molecule has 4 rings (SSSR count). The number of amides is 1. The van der Waals surface area contributed by atoms with Crippen LogP contribution in [-0.4, -0.2) is 17.5 Å². The maximum Gasteiger partial charge on any atom is 0.261 e. The number of hydrogen-bond acceptors (Lipinski definition) is 4. The van der Waals surface area contributed by atoms with Crippen LogP contribution in [-0.2, 0) is 6.54 Å². The van der Waals surface area contributed by atoms with Gasteiger partial charge in [0.15, 0.2) is 5.13 Å². The van der Waals surface area contributed by atoms with Crippen molar-refractivity contribution in [3.05, 3.63) is 88.4 Å². The van der Waals surface area contributed by atoms with Gasteiger partial charge in [0, 0.05) is 4.47 Å². The molecule has 0 aliphatic heterocycles. The molecule has 29 heavy (non-hydrogen) atoms. The summed E-state index contributed by atoms with van der Waals surface area (Å²) < 4.78 is 7.36. The van der Waals surface area contributed by atoms with Gasteiger partial charge in [-0.25, -0.2) is 4.98 Å². The van der Waals surface area contributed by atoms with Crippen LogP contribution in [0.2, 0.25) is 0 Å². The topological polar surface area (TPSA) is 42.4 Å². The van der Waals surface area contributed by atoms with E-state index in [0.29, 0.717) is 23.8 Å². The second-order valence-corrected chi connectivity index (χ2v) is 8.28. The number of ether oxygens (including phenoxy) is 1. The summed E-state index contributed by atoms with van der Waals surface area (Å²) in [4.78, 5) is 19.9. The van der Waals surface area contributed by atoms with Crippen molar-refractivity contribution in [3.8, 4) is 5.75 Å². The van der Waals surface area contributed by atoms with E-state index < -0.39 is 0 Å². The van der Waals surface area contributed by atoms with Crippen molar-refractivity contribution in [2.75, 3.05) is 11.5 Å². The molecule has 0 N–H and O–H groups in total. The third-order valence-electron chi connectivity index (χ3n) is 4.42. The molecule has 4 aromatic rings. The predicted molar refractivity (Wildman–Crippen MR) is 122 cm³/mol. The first-order chi connectivity index (χ1) is 14.2. The van der Waals surface area contributed by atoms with E-state index in [1.165, 1.54) is 11.3 Å². The summed E-state index contributed by atoms with van der Waals surface area (Å²) >= 11 is 5.00. The largest absolute Gasteiger partial charge is 0.494 e. The molecule has 1 heterocycles. The Bertz CT molecular complexity index is 1140. The second-order valence-electron chi connectivity index (χ2n) is 6.42. The van der Waals surface area contributed by atoms with Crippen molar-refractivity contribution in [3.63, 3.8) is 0 Å². The predicted octanol–water partition coefficient (Wildman–Crippen LogP) is 6.30. The van der Waals surface area contributed by atoms with Crippen LogP contribution in [0, 0.1) is 0 Å². The highest BCUT2D eigenvalue weighted by molar-refractivity contribution is 9.10. The molecule has 0 saturated carbocycles. The van der Waals surface area contributed by atoms with Crippen LogP contribution in [0.3, 0.4) is 0 Å². The SMILES string of the molecule is CCOc1ccc2nc(N(Cc3ccccc3)C(=O)c3ccccc3Br)sc2c1. The van der Waals surface area contributed by atoms with Gasteiger partial charge in [-0.1, -0.05) is 53.8 Å². The Balaban J connectivity index is 1.76. The summed E-state index contributed by atoms with van der Waals surface area (Å²) in [6, 6.07) is 23.2. The Morgan fingerprint density at radius 2 is 1.83 bits per heavy atom. The van der Waals surface area contributed by atoms with Crippen molar-refractivity contribution in [2.24, 2.45) is 0 Å². The molecule has 6 heteroatoms. The summed E-state index contributed by atoms with van der Waals surface area (Å²) in [7, 11) is 0. The molecule has 0 bridgehead atoms. The molecule has 0 fully saturated rings. The lowest BCUT2D eigenvalue weighted by atomic mass is 10.1. The molecular weight excluding hydrogens is 448 g/mol. The van der Waals surface area contributed by atoms with Crippen LogP contribution >= 0.6 is 27.3 Å². The number of aromatic nitrogens is 1. The zero-order chi connectivity index (χ0) is 20.2. The number of nitrogens with zero attached hydrogens (tertiary/aromatic N) is 2. The highest BCUT2D eigenvalue weighted by Gasteiger charge is 2.23. The Hall–Kier alpha value is -2.70. The highest BCUT2D eigenvalue weighted by Crippen LogP contribution is 2.33. The smallest absolute Gasteiger partial charge is 0.261 e. The molecule has 0 unspecified atom stereocenters. The fourth-order valence-electron chi connectivity index (χ4n) is 3.04. The molecule has 1 amide bonds. The maximum atomic E-state index is 13.5. The number of rotatable bonds is 6. The third kappa shape index (κ3) is 4.33. The summed E-state index contributed by atoms with van der Waals surface area (Å²) in [5, 5.41) is 0.665. The van der Waals surface area contributed by atoms with Gasteiger partial charge in [0.2, 0.25) is 0 Å². The van der Waals surface area contributed by atoms with Crippen LogP contribution in [0.5, 0.6) is 5.75 Å². The molecular formula is C23H19BrN2O2S. The minimum absolute atomic E-state index is 0.0922. The van der Waals surface area contributed by atoms with E-state index in [9.17, 15) is 4.79 Å². The number of fused-ring (bicyclic) bond motifs is 1. The van der Waals surface area contributed by atoms with Gasteiger partial charge in [-0.05, 0) is 58.7 Å². The third-order valence-corrected chi connectivity index (χ3v) is 6.16. The lowest BCUT2D eigenvalue weighted by Gasteiger charge is -2.20. The number of carbonyl (C=O) groups excluding carboxylic acids is 1. The van der Waals surface area contributed by atoms with E-state index in [1.807, 2.05) is 79.7 Å². The molecule has 0 radical (unpaired) electrons. The zero-order valence-corrected chi connectivity index (χ0v) is 18.2. The molecule has 4 nitrogen and oxygen atoms in total. The lowest BCUT2D eigenvalue weighted by molar-refractivity contribution is 0.0984. The first-order valence-electron chi connectivity index (χ1n) is 9.29. The molecule has 0 atom stereocenters. The van der Waals surface area contributed by atoms with Gasteiger partial charge in [0.1, 0.15) is 5.75 Å². The van der Waals surface area contributed by atoms with Crippen molar-refractivity contribution in [2.45, 2.75) is 13.5 Å². The van der Waals surface area contributed by atoms with Gasteiger partial charge < -0.3 is 4.74 Å². The first kappa shape index (κ1) is 19.6. The van der Waals surface area contributed by atoms with E-state index in [-0.39, 0.29) is 5.91 Å². The molecule has 0 aliphatic carbocycles. The van der Waals surface area contributed by atoms with Crippen molar-refractivity contribution >= 4 is 48.5 Å². The van der Waals surface area contributed by atoms with Crippen LogP contribution in [0.1, 0.15) is 22.8 Å². The number of benzene rings is 3. The lowest BCUT2D eigenvalue weighted by Crippen LogP contribution is -2.30. The number of hydrogen-bond donors (Lipinski definition) is 0. The maximum absolute atomic E-state index is 13.5. The molecule has 0 aliphatic rings. The molecule has 0 spiro atoms. The van der Waals surface area contributed by atoms with Gasteiger partial charge >= 0.3 is 0 Å².